The van der Waals surface area contributed by atoms with Gasteiger partial charge in [-0.1, -0.05) is 29.8 Å². The second-order valence-electron chi connectivity index (χ2n) is 7.94. The first-order valence-corrected chi connectivity index (χ1v) is 10.8. The number of anilines is 1. The Kier molecular flexibility index (Phi) is 8.64. The molecule has 0 atom stereocenters. The number of piperazine rings is 1. The molecule has 0 aliphatic carbocycles. The minimum absolute atomic E-state index is 0.0375. The highest BCUT2D eigenvalue weighted by molar-refractivity contribution is 5.92. The third kappa shape index (κ3) is 6.13. The maximum atomic E-state index is 13.4. The highest BCUT2D eigenvalue weighted by Gasteiger charge is 2.25. The van der Waals surface area contributed by atoms with Crippen LogP contribution in [0.5, 0.6) is 0 Å². The summed E-state index contributed by atoms with van der Waals surface area (Å²) in [5.41, 5.74) is 3.38. The van der Waals surface area contributed by atoms with Crippen molar-refractivity contribution in [3.8, 4) is 11.5 Å². The smallest absolute Gasteiger partial charge is 0.324 e. The van der Waals surface area contributed by atoms with Gasteiger partial charge >= 0.3 is 12.5 Å². The van der Waals surface area contributed by atoms with Crippen LogP contribution in [-0.2, 0) is 6.54 Å². The number of hydrogen-bond acceptors (Lipinski definition) is 5. The first-order chi connectivity index (χ1) is 16.4. The van der Waals surface area contributed by atoms with Crippen molar-refractivity contribution < 1.29 is 22.4 Å². The molecule has 1 aliphatic heterocycles. The van der Waals surface area contributed by atoms with Crippen LogP contribution in [0.25, 0.3) is 11.5 Å². The topological polar surface area (TPSA) is 65.7 Å². The van der Waals surface area contributed by atoms with Crippen molar-refractivity contribution in [3.05, 3.63) is 65.5 Å². The van der Waals surface area contributed by atoms with E-state index >= 15 is 0 Å². The number of aromatic nitrogens is 2. The number of aryl methyl sites for hydroxylation is 1. The average molecular weight is 476 g/mol. The summed E-state index contributed by atoms with van der Waals surface area (Å²) >= 11 is 0. The Morgan fingerprint density at radius 1 is 1.00 bits per heavy atom. The molecule has 0 unspecified atom stereocenters. The van der Waals surface area contributed by atoms with E-state index in [1.54, 1.807) is 17.0 Å². The van der Waals surface area contributed by atoms with Crippen molar-refractivity contribution in [2.45, 2.75) is 19.9 Å². The van der Waals surface area contributed by atoms with Crippen molar-refractivity contribution in [2.24, 2.45) is 0 Å². The molecule has 1 aliphatic rings. The second-order valence-corrected chi connectivity index (χ2v) is 7.94. The van der Waals surface area contributed by atoms with Crippen LogP contribution in [0.15, 0.2) is 52.9 Å². The Labute approximate surface area is 196 Å². The molecule has 1 saturated heterocycles. The molecule has 3 aromatic rings. The largest absolute Gasteiger partial charge is 0.415 e. The van der Waals surface area contributed by atoms with Crippen molar-refractivity contribution in [1.29, 1.82) is 0 Å². The fourth-order valence-electron chi connectivity index (χ4n) is 3.54. The predicted octanol–water partition coefficient (Wildman–Crippen LogP) is 4.94. The molecule has 1 aromatic heterocycles. The van der Waals surface area contributed by atoms with Gasteiger partial charge in [0, 0.05) is 37.4 Å². The summed E-state index contributed by atoms with van der Waals surface area (Å²) in [6.07, 6.45) is -2.81. The summed E-state index contributed by atoms with van der Waals surface area (Å²) in [7, 11) is 2.55. The van der Waals surface area contributed by atoms with Crippen LogP contribution >= 0.6 is 0 Å². The van der Waals surface area contributed by atoms with E-state index < -0.39 is 12.3 Å². The van der Waals surface area contributed by atoms with Crippen LogP contribution in [0, 0.1) is 6.92 Å². The van der Waals surface area contributed by atoms with Crippen LogP contribution < -0.4 is 4.90 Å². The van der Waals surface area contributed by atoms with E-state index in [-0.39, 0.29) is 11.9 Å². The SMILES string of the molecule is CF.Cc1ccc(N(Cc2ccc(-c3nnc(C(F)F)o3)cc2)C(=O)N2CCN(C)CC2)cc1. The van der Waals surface area contributed by atoms with Gasteiger partial charge < -0.3 is 14.2 Å². The zero-order chi connectivity index (χ0) is 24.7. The number of carbonyl (C=O) groups excluding carboxylic acids is 1. The van der Waals surface area contributed by atoms with E-state index in [9.17, 15) is 18.0 Å². The number of rotatable bonds is 5. The van der Waals surface area contributed by atoms with Crippen LogP contribution in [0.1, 0.15) is 23.4 Å². The molecule has 7 nitrogen and oxygen atoms in total. The van der Waals surface area contributed by atoms with Gasteiger partial charge in [-0.05, 0) is 43.8 Å². The monoisotopic (exact) mass is 475 g/mol. The molecule has 2 amide bonds. The predicted molar refractivity (Wildman–Crippen MR) is 124 cm³/mol. The minimum Gasteiger partial charge on any atom is -0.415 e. The van der Waals surface area contributed by atoms with Gasteiger partial charge in [-0.2, -0.15) is 8.78 Å². The number of amides is 2. The number of likely N-dealkylation sites (N-methyl/N-ethyl adjacent to an activating group) is 1. The summed E-state index contributed by atoms with van der Waals surface area (Å²) in [6, 6.07) is 14.9. The summed E-state index contributed by atoms with van der Waals surface area (Å²) in [5.74, 6) is -0.664. The number of alkyl halides is 3. The molecule has 34 heavy (non-hydrogen) atoms. The molecule has 0 N–H and O–H groups in total. The maximum absolute atomic E-state index is 13.4. The first kappa shape index (κ1) is 25.2. The van der Waals surface area contributed by atoms with Crippen LogP contribution in [0.4, 0.5) is 23.7 Å². The molecule has 2 heterocycles. The zero-order valence-corrected chi connectivity index (χ0v) is 19.4. The Hall–Kier alpha value is -3.40. The normalized spacial score (nSPS) is 14.0. The molecule has 0 radical (unpaired) electrons. The van der Waals surface area contributed by atoms with Crippen molar-refractivity contribution >= 4 is 11.7 Å². The summed E-state index contributed by atoms with van der Waals surface area (Å²) in [4.78, 5) is 19.2. The molecular formula is C24H28F3N5O2. The van der Waals surface area contributed by atoms with Crippen LogP contribution in [0.3, 0.4) is 0 Å². The Morgan fingerprint density at radius 2 is 1.62 bits per heavy atom. The Bertz CT molecular complexity index is 1050. The minimum atomic E-state index is -2.81. The lowest BCUT2D eigenvalue weighted by Gasteiger charge is -2.36. The van der Waals surface area contributed by atoms with Gasteiger partial charge in [0.1, 0.15) is 0 Å². The van der Waals surface area contributed by atoms with Gasteiger partial charge in [0.25, 0.3) is 5.89 Å². The molecular weight excluding hydrogens is 447 g/mol. The van der Waals surface area contributed by atoms with Crippen LogP contribution in [0.2, 0.25) is 0 Å². The van der Waals surface area contributed by atoms with E-state index in [0.717, 1.165) is 29.9 Å². The molecule has 0 bridgehead atoms. The number of halogens is 3. The fourth-order valence-corrected chi connectivity index (χ4v) is 3.54. The second kappa shape index (κ2) is 11.6. The third-order valence-electron chi connectivity index (χ3n) is 5.52. The number of benzene rings is 2. The Morgan fingerprint density at radius 3 is 2.18 bits per heavy atom. The number of nitrogens with zero attached hydrogens (tertiary/aromatic N) is 5. The van der Waals surface area contributed by atoms with Gasteiger partial charge in [0.15, 0.2) is 0 Å². The van der Waals surface area contributed by atoms with E-state index in [0.29, 0.717) is 32.4 Å². The molecule has 0 saturated carbocycles. The summed E-state index contributed by atoms with van der Waals surface area (Å²) < 4.78 is 39.9. The van der Waals surface area contributed by atoms with E-state index in [1.807, 2.05) is 48.2 Å². The molecule has 0 spiro atoms. The molecule has 10 heteroatoms. The lowest BCUT2D eigenvalue weighted by atomic mass is 10.1. The van der Waals surface area contributed by atoms with Crippen molar-refractivity contribution in [3.63, 3.8) is 0 Å². The highest BCUT2D eigenvalue weighted by atomic mass is 19.3. The fraction of sp³-hybridized carbons (Fsp3) is 0.375. The van der Waals surface area contributed by atoms with Gasteiger partial charge in [-0.15, -0.1) is 10.2 Å². The molecule has 182 valence electrons. The van der Waals surface area contributed by atoms with Crippen LogP contribution in [-0.4, -0.2) is 66.4 Å². The quantitative estimate of drug-likeness (QED) is 0.523. The lowest BCUT2D eigenvalue weighted by Crippen LogP contribution is -2.51. The molecule has 4 rings (SSSR count). The highest BCUT2D eigenvalue weighted by Crippen LogP contribution is 2.25. The lowest BCUT2D eigenvalue weighted by molar-refractivity contribution is 0.116. The summed E-state index contributed by atoms with van der Waals surface area (Å²) in [5, 5.41) is 7.04. The number of urea groups is 1. The van der Waals surface area contributed by atoms with E-state index in [1.165, 1.54) is 0 Å². The standard InChI is InChI=1S/C23H25F2N5O2.CH3F/c1-16-3-9-19(10-4-16)30(23(31)29-13-11-28(2)12-14-29)15-17-5-7-18(8-6-17)21-26-27-22(32-21)20(24)25;1-2/h3-10,20H,11-15H2,1-2H3;1H3. The maximum Gasteiger partial charge on any atom is 0.324 e. The average Bonchev–Trinajstić information content (AvgIpc) is 3.36. The Balaban J connectivity index is 0.00000158. The molecule has 1 fully saturated rings. The number of hydrogen-bond donors (Lipinski definition) is 0. The van der Waals surface area contributed by atoms with Gasteiger partial charge in [0.05, 0.1) is 13.7 Å². The van der Waals surface area contributed by atoms with Gasteiger partial charge in [0.2, 0.25) is 5.89 Å². The zero-order valence-electron chi connectivity index (χ0n) is 19.4. The van der Waals surface area contributed by atoms with Gasteiger partial charge in [-0.25, -0.2) is 4.79 Å². The van der Waals surface area contributed by atoms with Crippen molar-refractivity contribution in [1.82, 2.24) is 20.0 Å². The number of carbonyl (C=O) groups is 1. The van der Waals surface area contributed by atoms with Gasteiger partial charge in [-0.3, -0.25) is 9.29 Å². The third-order valence-corrected chi connectivity index (χ3v) is 5.52. The summed E-state index contributed by atoms with van der Waals surface area (Å²) in [6.45, 7) is 5.42. The first-order valence-electron chi connectivity index (χ1n) is 10.8. The van der Waals surface area contributed by atoms with E-state index in [2.05, 4.69) is 22.1 Å². The molecule has 2 aromatic carbocycles. The van der Waals surface area contributed by atoms with Crippen molar-refractivity contribution in [2.75, 3.05) is 45.3 Å². The van der Waals surface area contributed by atoms with E-state index in [4.69, 9.17) is 4.42 Å².